The number of anilines is 2. The minimum Gasteiger partial charge on any atom is -0.453 e. The molecule has 0 bridgehead atoms. The second-order valence-corrected chi connectivity index (χ2v) is 4.57. The number of hydrogen-bond donors (Lipinski definition) is 2. The molecule has 21 heavy (non-hydrogen) atoms. The first-order valence-corrected chi connectivity index (χ1v) is 6.48. The molecule has 0 atom stereocenters. The van der Waals surface area contributed by atoms with E-state index < -0.39 is 5.91 Å². The van der Waals surface area contributed by atoms with Gasteiger partial charge in [-0.15, -0.1) is 0 Å². The molecule has 1 amide bonds. The molecule has 3 N–H and O–H groups in total. The normalized spacial score (nSPS) is 14.7. The van der Waals surface area contributed by atoms with Crippen LogP contribution < -0.4 is 25.8 Å². The largest absolute Gasteiger partial charge is 0.453 e. The van der Waals surface area contributed by atoms with Gasteiger partial charge >= 0.3 is 6.01 Å². The molecular weight excluding hydrogens is 278 g/mol. The molecule has 2 heterocycles. The first-order chi connectivity index (χ1) is 10.1. The highest BCUT2D eigenvalue weighted by molar-refractivity contribution is 5.76. The van der Waals surface area contributed by atoms with Crippen molar-refractivity contribution in [1.82, 2.24) is 20.4 Å². The summed E-state index contributed by atoms with van der Waals surface area (Å²) in [6.07, 6.45) is 0. The summed E-state index contributed by atoms with van der Waals surface area (Å²) in [6, 6.07) is 0.0822. The molecular formula is C11H19N7O3. The van der Waals surface area contributed by atoms with Crippen molar-refractivity contribution in [3.8, 4) is 6.01 Å². The molecule has 10 nitrogen and oxygen atoms in total. The van der Waals surface area contributed by atoms with E-state index in [-0.39, 0.29) is 12.6 Å². The van der Waals surface area contributed by atoms with Crippen LogP contribution in [-0.4, -0.2) is 67.9 Å². The third-order valence-corrected chi connectivity index (χ3v) is 2.78. The van der Waals surface area contributed by atoms with Crippen molar-refractivity contribution in [3.05, 3.63) is 0 Å². The lowest BCUT2D eigenvalue weighted by Crippen LogP contribution is -2.38. The summed E-state index contributed by atoms with van der Waals surface area (Å²) in [6.45, 7) is 2.37. The summed E-state index contributed by atoms with van der Waals surface area (Å²) in [5.41, 5.74) is 1.98. The third-order valence-electron chi connectivity index (χ3n) is 2.78. The summed E-state index contributed by atoms with van der Waals surface area (Å²) in [7, 11) is 3.63. The number of nitrogens with zero attached hydrogens (tertiary/aromatic N) is 5. The van der Waals surface area contributed by atoms with Gasteiger partial charge < -0.3 is 19.3 Å². The Morgan fingerprint density at radius 1 is 1.38 bits per heavy atom. The zero-order valence-corrected chi connectivity index (χ0v) is 12.1. The molecule has 1 aromatic heterocycles. The van der Waals surface area contributed by atoms with Gasteiger partial charge in [0.05, 0.1) is 13.2 Å². The Balaban J connectivity index is 2.18. The van der Waals surface area contributed by atoms with E-state index in [1.54, 1.807) is 4.90 Å². The zero-order valence-electron chi connectivity index (χ0n) is 12.1. The minimum absolute atomic E-state index is 0.0822. The highest BCUT2D eigenvalue weighted by atomic mass is 16.5. The number of rotatable bonds is 5. The van der Waals surface area contributed by atoms with Crippen LogP contribution in [0, 0.1) is 0 Å². The van der Waals surface area contributed by atoms with Crippen LogP contribution in [-0.2, 0) is 9.53 Å². The Morgan fingerprint density at radius 3 is 2.71 bits per heavy atom. The number of hydrogen-bond acceptors (Lipinski definition) is 9. The predicted molar refractivity (Wildman–Crippen MR) is 75.0 cm³/mol. The van der Waals surface area contributed by atoms with Crippen molar-refractivity contribution in [2.45, 2.75) is 0 Å². The summed E-state index contributed by atoms with van der Waals surface area (Å²) < 4.78 is 10.5. The van der Waals surface area contributed by atoms with Crippen molar-refractivity contribution >= 4 is 17.8 Å². The lowest BCUT2D eigenvalue weighted by molar-refractivity contribution is -0.123. The number of carbonyl (C=O) groups is 1. The second kappa shape index (κ2) is 6.99. The maximum absolute atomic E-state index is 11.1. The van der Waals surface area contributed by atoms with E-state index in [0.29, 0.717) is 38.2 Å². The third kappa shape index (κ3) is 4.13. The molecule has 1 aromatic rings. The fraction of sp³-hybridized carbons (Fsp3) is 0.636. The van der Waals surface area contributed by atoms with Gasteiger partial charge in [0, 0.05) is 27.2 Å². The number of aromatic nitrogens is 3. The molecule has 1 aliphatic rings. The Hall–Kier alpha value is -2.20. The van der Waals surface area contributed by atoms with E-state index >= 15 is 0 Å². The van der Waals surface area contributed by atoms with Crippen LogP contribution in [0.1, 0.15) is 0 Å². The average molecular weight is 297 g/mol. The molecule has 0 unspecified atom stereocenters. The molecule has 0 spiro atoms. The van der Waals surface area contributed by atoms with Crippen molar-refractivity contribution < 1.29 is 14.3 Å². The van der Waals surface area contributed by atoms with E-state index in [4.69, 9.17) is 15.3 Å². The quantitative estimate of drug-likeness (QED) is 0.366. The topological polar surface area (TPSA) is 119 Å². The summed E-state index contributed by atoms with van der Waals surface area (Å²) in [4.78, 5) is 27.6. The zero-order chi connectivity index (χ0) is 15.2. The fourth-order valence-electron chi connectivity index (χ4n) is 1.68. The maximum Gasteiger partial charge on any atom is 0.323 e. The van der Waals surface area contributed by atoms with Gasteiger partial charge in [-0.2, -0.15) is 15.0 Å². The van der Waals surface area contributed by atoms with Crippen LogP contribution >= 0.6 is 0 Å². The van der Waals surface area contributed by atoms with E-state index in [1.165, 1.54) is 0 Å². The Bertz CT molecular complexity index is 491. The number of nitrogens with one attached hydrogen (secondary N) is 1. The Morgan fingerprint density at radius 2 is 2.10 bits per heavy atom. The molecule has 0 saturated carbocycles. The van der Waals surface area contributed by atoms with Gasteiger partial charge in [-0.1, -0.05) is 0 Å². The molecule has 0 aromatic carbocycles. The number of amides is 1. The summed E-state index contributed by atoms with van der Waals surface area (Å²) >= 11 is 0. The second-order valence-electron chi connectivity index (χ2n) is 4.57. The van der Waals surface area contributed by atoms with E-state index in [0.717, 1.165) is 0 Å². The number of morpholine rings is 1. The molecule has 10 heteroatoms. The number of hydrazine groups is 1. The van der Waals surface area contributed by atoms with E-state index in [1.807, 2.05) is 24.4 Å². The van der Waals surface area contributed by atoms with E-state index in [2.05, 4.69) is 15.0 Å². The van der Waals surface area contributed by atoms with Crippen LogP contribution in [0.3, 0.4) is 0 Å². The van der Waals surface area contributed by atoms with Gasteiger partial charge in [0.15, 0.2) is 6.61 Å². The summed E-state index contributed by atoms with van der Waals surface area (Å²) in [5.74, 6) is 5.49. The minimum atomic E-state index is -0.463. The predicted octanol–water partition coefficient (Wildman–Crippen LogP) is -1.86. The molecule has 0 radical (unpaired) electrons. The van der Waals surface area contributed by atoms with Crippen LogP contribution in [0.4, 0.5) is 11.9 Å². The fourth-order valence-corrected chi connectivity index (χ4v) is 1.68. The summed E-state index contributed by atoms with van der Waals surface area (Å²) in [5, 5.41) is 0. The molecule has 1 fully saturated rings. The van der Waals surface area contributed by atoms with Gasteiger partial charge in [-0.05, 0) is 0 Å². The van der Waals surface area contributed by atoms with Crippen molar-refractivity contribution in [1.29, 1.82) is 0 Å². The molecule has 2 rings (SSSR count). The van der Waals surface area contributed by atoms with Gasteiger partial charge in [0.1, 0.15) is 0 Å². The van der Waals surface area contributed by atoms with Crippen LogP contribution in [0.25, 0.3) is 0 Å². The SMILES string of the molecule is CN(C)c1nc(OCC(=O)NN)nc(N2CCOCC2)n1. The average Bonchev–Trinajstić information content (AvgIpc) is 2.53. The maximum atomic E-state index is 11.1. The van der Waals surface area contributed by atoms with Gasteiger partial charge in [0.2, 0.25) is 11.9 Å². The standard InChI is InChI=1S/C11H19N7O3/c1-17(2)9-13-10(18-3-5-20-6-4-18)15-11(14-9)21-7-8(19)16-12/h3-7,12H2,1-2H3,(H,16,19). The number of nitrogens with two attached hydrogens (primary N) is 1. The smallest absolute Gasteiger partial charge is 0.323 e. The van der Waals surface area contributed by atoms with Crippen LogP contribution in [0.5, 0.6) is 6.01 Å². The number of carbonyl (C=O) groups excluding carboxylic acids is 1. The van der Waals surface area contributed by atoms with Crippen molar-refractivity contribution in [2.75, 3.05) is 56.8 Å². The Kier molecular flexibility index (Phi) is 5.06. The van der Waals surface area contributed by atoms with Crippen molar-refractivity contribution in [2.24, 2.45) is 5.84 Å². The molecule has 1 aliphatic heterocycles. The van der Waals surface area contributed by atoms with Gasteiger partial charge in [-0.3, -0.25) is 10.2 Å². The van der Waals surface area contributed by atoms with Crippen molar-refractivity contribution in [3.63, 3.8) is 0 Å². The van der Waals surface area contributed by atoms with Crippen LogP contribution in [0.2, 0.25) is 0 Å². The highest BCUT2D eigenvalue weighted by Crippen LogP contribution is 2.17. The lowest BCUT2D eigenvalue weighted by Gasteiger charge is -2.27. The highest BCUT2D eigenvalue weighted by Gasteiger charge is 2.18. The first kappa shape index (κ1) is 15.2. The van der Waals surface area contributed by atoms with E-state index in [9.17, 15) is 4.79 Å². The molecule has 1 saturated heterocycles. The number of ether oxygens (including phenoxy) is 2. The Labute approximate surface area is 122 Å². The molecule has 116 valence electrons. The monoisotopic (exact) mass is 297 g/mol. The van der Waals surface area contributed by atoms with Gasteiger partial charge in [-0.25, -0.2) is 5.84 Å². The van der Waals surface area contributed by atoms with Crippen LogP contribution in [0.15, 0.2) is 0 Å². The molecule has 0 aliphatic carbocycles. The first-order valence-electron chi connectivity index (χ1n) is 6.48. The lowest BCUT2D eigenvalue weighted by atomic mass is 10.4. The van der Waals surface area contributed by atoms with Gasteiger partial charge in [0.25, 0.3) is 5.91 Å².